The average molecular weight is 429 g/mol. The van der Waals surface area contributed by atoms with Crippen molar-refractivity contribution in [2.24, 2.45) is 5.92 Å². The Morgan fingerprint density at radius 3 is 2.80 bits per heavy atom. The molecule has 2 aromatic rings. The summed E-state index contributed by atoms with van der Waals surface area (Å²) in [4.78, 5) is 28.3. The Balaban J connectivity index is 1.23. The molecule has 1 saturated heterocycles. The Morgan fingerprint density at radius 2 is 2.07 bits per heavy atom. The van der Waals surface area contributed by atoms with Crippen molar-refractivity contribution in [1.29, 1.82) is 0 Å². The van der Waals surface area contributed by atoms with Gasteiger partial charge < -0.3 is 15.0 Å². The SMILES string of the molecule is CC(C)(C)OC(=O)N1CCC(CCNC(=O)C2=Cc3n[nH]c4cccc(c34)S2)CC1. The minimum absolute atomic E-state index is 0.0585. The van der Waals surface area contributed by atoms with Gasteiger partial charge in [-0.3, -0.25) is 9.89 Å². The summed E-state index contributed by atoms with van der Waals surface area (Å²) in [5, 5.41) is 11.5. The zero-order valence-corrected chi connectivity index (χ0v) is 18.5. The summed E-state index contributed by atoms with van der Waals surface area (Å²) in [5.74, 6) is 0.445. The molecular weight excluding hydrogens is 400 g/mol. The van der Waals surface area contributed by atoms with Gasteiger partial charge in [-0.15, -0.1) is 0 Å². The first-order valence-corrected chi connectivity index (χ1v) is 11.2. The van der Waals surface area contributed by atoms with Crippen LogP contribution in [0.15, 0.2) is 28.0 Å². The van der Waals surface area contributed by atoms with Crippen LogP contribution in [-0.2, 0) is 9.53 Å². The molecule has 1 aromatic carbocycles. The number of aromatic nitrogens is 2. The molecule has 3 heterocycles. The molecule has 1 aromatic heterocycles. The first-order valence-electron chi connectivity index (χ1n) is 10.4. The van der Waals surface area contributed by atoms with Crippen LogP contribution >= 0.6 is 11.8 Å². The van der Waals surface area contributed by atoms with E-state index in [0.29, 0.717) is 30.5 Å². The molecule has 2 amide bonds. The van der Waals surface area contributed by atoms with Crippen molar-refractivity contribution in [2.75, 3.05) is 19.6 Å². The normalized spacial score (nSPS) is 17.0. The highest BCUT2D eigenvalue weighted by Crippen LogP contribution is 2.39. The smallest absolute Gasteiger partial charge is 0.410 e. The predicted octanol–water partition coefficient (Wildman–Crippen LogP) is 4.16. The molecule has 0 spiro atoms. The number of H-pyrrole nitrogens is 1. The number of benzene rings is 1. The number of amides is 2. The van der Waals surface area contributed by atoms with E-state index in [1.807, 2.05) is 45.0 Å². The topological polar surface area (TPSA) is 87.3 Å². The van der Waals surface area contributed by atoms with Gasteiger partial charge >= 0.3 is 6.09 Å². The summed E-state index contributed by atoms with van der Waals surface area (Å²) < 4.78 is 5.45. The Hall–Kier alpha value is -2.48. The fourth-order valence-corrected chi connectivity index (χ4v) is 4.88. The van der Waals surface area contributed by atoms with Gasteiger partial charge in [-0.25, -0.2) is 4.79 Å². The molecule has 30 heavy (non-hydrogen) atoms. The number of ether oxygens (including phenoxy) is 1. The van der Waals surface area contributed by atoms with Gasteiger partial charge in [0.2, 0.25) is 0 Å². The third-order valence-corrected chi connectivity index (χ3v) is 6.48. The molecular formula is C22H28N4O3S. The van der Waals surface area contributed by atoms with Crippen LogP contribution in [0.25, 0.3) is 17.0 Å². The standard InChI is InChI=1S/C22H28N4O3S/c1-22(2,3)29-21(28)26-11-8-14(9-12-26)7-10-23-20(27)18-13-16-19-15(24-25-16)5-4-6-17(19)30-18/h4-6,13-14H,7-12H2,1-3H3,(H,23,27)(H,24,25). The molecule has 0 aliphatic carbocycles. The van der Waals surface area contributed by atoms with Crippen molar-refractivity contribution in [3.8, 4) is 0 Å². The van der Waals surface area contributed by atoms with Gasteiger partial charge in [0.25, 0.3) is 5.91 Å². The van der Waals surface area contributed by atoms with Crippen LogP contribution in [0.5, 0.6) is 0 Å². The Morgan fingerprint density at radius 1 is 1.30 bits per heavy atom. The number of hydrogen-bond donors (Lipinski definition) is 2. The Labute approximate surface area is 180 Å². The highest BCUT2D eigenvalue weighted by Gasteiger charge is 2.27. The Bertz CT molecular complexity index is 984. The van der Waals surface area contributed by atoms with Crippen molar-refractivity contribution in [2.45, 2.75) is 50.5 Å². The molecule has 2 aliphatic heterocycles. The molecule has 0 bridgehead atoms. The van der Waals surface area contributed by atoms with Crippen LogP contribution in [0.4, 0.5) is 4.79 Å². The van der Waals surface area contributed by atoms with E-state index in [2.05, 4.69) is 15.5 Å². The zero-order valence-electron chi connectivity index (χ0n) is 17.7. The summed E-state index contributed by atoms with van der Waals surface area (Å²) in [7, 11) is 0. The van der Waals surface area contributed by atoms with Gasteiger partial charge in [-0.2, -0.15) is 5.10 Å². The van der Waals surface area contributed by atoms with Crippen molar-refractivity contribution in [1.82, 2.24) is 20.4 Å². The van der Waals surface area contributed by atoms with Gasteiger partial charge in [-0.05, 0) is 64.2 Å². The van der Waals surface area contributed by atoms with Gasteiger partial charge in [-0.1, -0.05) is 17.8 Å². The maximum Gasteiger partial charge on any atom is 0.410 e. The minimum Gasteiger partial charge on any atom is -0.444 e. The second-order valence-corrected chi connectivity index (χ2v) is 9.94. The third-order valence-electron chi connectivity index (χ3n) is 5.40. The molecule has 1 fully saturated rings. The molecule has 160 valence electrons. The van der Waals surface area contributed by atoms with E-state index < -0.39 is 5.60 Å². The largest absolute Gasteiger partial charge is 0.444 e. The molecule has 0 unspecified atom stereocenters. The fraction of sp³-hybridized carbons (Fsp3) is 0.500. The maximum atomic E-state index is 12.7. The monoisotopic (exact) mass is 428 g/mol. The molecule has 0 atom stereocenters. The van der Waals surface area contributed by atoms with Crippen LogP contribution in [0.1, 0.15) is 45.7 Å². The van der Waals surface area contributed by atoms with E-state index in [1.165, 1.54) is 11.8 Å². The molecule has 0 radical (unpaired) electrons. The molecule has 4 rings (SSSR count). The zero-order chi connectivity index (χ0) is 21.3. The number of carbonyl (C=O) groups is 2. The number of rotatable bonds is 4. The number of thioether (sulfide) groups is 1. The van der Waals surface area contributed by atoms with E-state index in [-0.39, 0.29) is 12.0 Å². The number of nitrogens with zero attached hydrogens (tertiary/aromatic N) is 2. The second-order valence-electron chi connectivity index (χ2n) is 8.85. The number of likely N-dealkylation sites (tertiary alicyclic amines) is 1. The summed E-state index contributed by atoms with van der Waals surface area (Å²) in [6.45, 7) is 7.70. The maximum absolute atomic E-state index is 12.7. The number of carbonyl (C=O) groups excluding carboxylic acids is 2. The van der Waals surface area contributed by atoms with Crippen LogP contribution in [0.3, 0.4) is 0 Å². The Kier molecular flexibility index (Phi) is 5.77. The van der Waals surface area contributed by atoms with E-state index in [9.17, 15) is 9.59 Å². The molecule has 7 nitrogen and oxygen atoms in total. The quantitative estimate of drug-likeness (QED) is 0.763. The van der Waals surface area contributed by atoms with E-state index in [4.69, 9.17) is 4.74 Å². The molecule has 8 heteroatoms. The molecule has 2 N–H and O–H groups in total. The highest BCUT2D eigenvalue weighted by molar-refractivity contribution is 8.04. The van der Waals surface area contributed by atoms with Crippen molar-refractivity contribution in [3.05, 3.63) is 28.8 Å². The van der Waals surface area contributed by atoms with Crippen molar-refractivity contribution >= 4 is 40.7 Å². The van der Waals surface area contributed by atoms with Crippen LogP contribution in [0.2, 0.25) is 0 Å². The van der Waals surface area contributed by atoms with E-state index in [1.54, 1.807) is 4.90 Å². The highest BCUT2D eigenvalue weighted by atomic mass is 32.2. The van der Waals surface area contributed by atoms with Gasteiger partial charge in [0.15, 0.2) is 0 Å². The van der Waals surface area contributed by atoms with E-state index in [0.717, 1.165) is 40.8 Å². The number of piperidine rings is 1. The number of nitrogens with one attached hydrogen (secondary N) is 2. The molecule has 0 saturated carbocycles. The van der Waals surface area contributed by atoms with Crippen LogP contribution in [0, 0.1) is 5.92 Å². The third kappa shape index (κ3) is 4.64. The fourth-order valence-electron chi connectivity index (χ4n) is 3.85. The minimum atomic E-state index is -0.466. The number of aromatic amines is 1. The van der Waals surface area contributed by atoms with Crippen molar-refractivity contribution < 1.29 is 14.3 Å². The van der Waals surface area contributed by atoms with E-state index >= 15 is 0 Å². The van der Waals surface area contributed by atoms with Crippen molar-refractivity contribution in [3.63, 3.8) is 0 Å². The second kappa shape index (κ2) is 8.34. The lowest BCUT2D eigenvalue weighted by atomic mass is 9.94. The summed E-state index contributed by atoms with van der Waals surface area (Å²) in [6, 6.07) is 5.98. The number of hydrogen-bond acceptors (Lipinski definition) is 5. The van der Waals surface area contributed by atoms with Crippen LogP contribution < -0.4 is 5.32 Å². The first-order chi connectivity index (χ1) is 14.3. The summed E-state index contributed by atoms with van der Waals surface area (Å²) in [6.07, 6.45) is 4.40. The molecule has 2 aliphatic rings. The lowest BCUT2D eigenvalue weighted by molar-refractivity contribution is -0.116. The predicted molar refractivity (Wildman–Crippen MR) is 118 cm³/mol. The van der Waals surface area contributed by atoms with Crippen LogP contribution in [-0.4, -0.2) is 52.3 Å². The summed E-state index contributed by atoms with van der Waals surface area (Å²) in [5.41, 5.74) is 1.34. The van der Waals surface area contributed by atoms with Gasteiger partial charge in [0, 0.05) is 29.9 Å². The van der Waals surface area contributed by atoms with Gasteiger partial charge in [0.1, 0.15) is 5.60 Å². The first kappa shape index (κ1) is 20.8. The average Bonchev–Trinajstić information content (AvgIpc) is 3.12. The van der Waals surface area contributed by atoms with Gasteiger partial charge in [0.05, 0.1) is 16.1 Å². The lowest BCUT2D eigenvalue weighted by Crippen LogP contribution is -2.42. The summed E-state index contributed by atoms with van der Waals surface area (Å²) >= 11 is 1.49. The lowest BCUT2D eigenvalue weighted by Gasteiger charge is -2.33.